The van der Waals surface area contributed by atoms with E-state index >= 15 is 0 Å². The lowest BCUT2D eigenvalue weighted by molar-refractivity contribution is -0.137. The zero-order valence-electron chi connectivity index (χ0n) is 10.6. The van der Waals surface area contributed by atoms with Gasteiger partial charge in [-0.2, -0.15) is 18.4 Å². The molecule has 100 valence electrons. The molecule has 0 aromatic rings. The van der Waals surface area contributed by atoms with Gasteiger partial charge in [-0.3, -0.25) is 5.32 Å². The average Bonchev–Trinajstić information content (AvgIpc) is 2.23. The highest BCUT2D eigenvalue weighted by molar-refractivity contribution is 5.03. The van der Waals surface area contributed by atoms with Crippen LogP contribution in [0.25, 0.3) is 0 Å². The molecule has 0 aromatic heterocycles. The second-order valence-corrected chi connectivity index (χ2v) is 4.39. The zero-order valence-corrected chi connectivity index (χ0v) is 10.6. The quantitative estimate of drug-likeness (QED) is 0.753. The molecule has 1 N–H and O–H groups in total. The summed E-state index contributed by atoms with van der Waals surface area (Å²) in [6, 6.07) is 2.15. The Labute approximate surface area is 101 Å². The molecule has 0 bridgehead atoms. The Bertz CT molecular complexity index is 260. The summed E-state index contributed by atoms with van der Waals surface area (Å²) in [7, 11) is 1.63. The van der Waals surface area contributed by atoms with Crippen molar-refractivity contribution >= 4 is 0 Å². The lowest BCUT2D eigenvalue weighted by atomic mass is 9.99. The van der Waals surface area contributed by atoms with Crippen molar-refractivity contribution in [2.75, 3.05) is 26.7 Å². The summed E-state index contributed by atoms with van der Waals surface area (Å²) < 4.78 is 36.0. The normalized spacial score (nSPS) is 15.6. The molecule has 0 fully saturated rings. The minimum Gasteiger partial charge on any atom is -0.306 e. The van der Waals surface area contributed by atoms with Crippen molar-refractivity contribution in [3.05, 3.63) is 0 Å². The summed E-state index contributed by atoms with van der Waals surface area (Å²) in [6.45, 7) is 4.75. The first-order valence-corrected chi connectivity index (χ1v) is 5.64. The third-order valence-corrected chi connectivity index (χ3v) is 2.58. The number of hydrogen-bond acceptors (Lipinski definition) is 3. The minimum absolute atomic E-state index is 0.0306. The van der Waals surface area contributed by atoms with Crippen LogP contribution in [-0.4, -0.2) is 43.3 Å². The molecule has 0 rings (SSSR count). The van der Waals surface area contributed by atoms with Crippen molar-refractivity contribution in [2.45, 2.75) is 38.4 Å². The Morgan fingerprint density at radius 1 is 1.24 bits per heavy atom. The molecule has 3 nitrogen and oxygen atoms in total. The third kappa shape index (κ3) is 8.00. The highest BCUT2D eigenvalue weighted by Crippen LogP contribution is 2.19. The predicted octanol–water partition coefficient (Wildman–Crippen LogP) is 2.15. The molecule has 0 amide bonds. The zero-order chi connectivity index (χ0) is 13.5. The molecular weight excluding hydrogens is 231 g/mol. The summed E-state index contributed by atoms with van der Waals surface area (Å²) in [5.41, 5.74) is -0.665. The summed E-state index contributed by atoms with van der Waals surface area (Å²) >= 11 is 0. The Balaban J connectivity index is 3.98. The Morgan fingerprint density at radius 2 is 1.76 bits per heavy atom. The van der Waals surface area contributed by atoms with E-state index < -0.39 is 18.1 Å². The Morgan fingerprint density at radius 3 is 2.18 bits per heavy atom. The van der Waals surface area contributed by atoms with E-state index in [1.165, 1.54) is 0 Å². The van der Waals surface area contributed by atoms with Crippen LogP contribution in [0.5, 0.6) is 0 Å². The second-order valence-electron chi connectivity index (χ2n) is 4.39. The van der Waals surface area contributed by atoms with Gasteiger partial charge in [0.25, 0.3) is 0 Å². The number of hydrogen-bond donors (Lipinski definition) is 1. The second kappa shape index (κ2) is 6.82. The van der Waals surface area contributed by atoms with E-state index in [0.717, 1.165) is 0 Å². The monoisotopic (exact) mass is 251 g/mol. The molecule has 0 aliphatic carbocycles. The fourth-order valence-electron chi connectivity index (χ4n) is 1.42. The van der Waals surface area contributed by atoms with Gasteiger partial charge >= 0.3 is 6.18 Å². The van der Waals surface area contributed by atoms with Crippen LogP contribution >= 0.6 is 0 Å². The van der Waals surface area contributed by atoms with Crippen LogP contribution in [0.15, 0.2) is 0 Å². The summed E-state index contributed by atoms with van der Waals surface area (Å²) in [4.78, 5) is 1.60. The van der Waals surface area contributed by atoms with E-state index in [1.807, 2.05) is 6.92 Å². The topological polar surface area (TPSA) is 39.1 Å². The van der Waals surface area contributed by atoms with Crippen LogP contribution in [0.2, 0.25) is 0 Å². The molecule has 1 atom stereocenters. The van der Waals surface area contributed by atoms with Crippen LogP contribution in [0.1, 0.15) is 26.7 Å². The summed E-state index contributed by atoms with van der Waals surface area (Å²) in [5, 5.41) is 12.0. The molecule has 0 spiro atoms. The van der Waals surface area contributed by atoms with Gasteiger partial charge < -0.3 is 4.90 Å². The summed E-state index contributed by atoms with van der Waals surface area (Å²) in [6.07, 6.45) is -4.42. The SMILES string of the molecule is CCNC(C)(C#N)CCN(C)CCC(F)(F)F. The van der Waals surface area contributed by atoms with Crippen molar-refractivity contribution in [2.24, 2.45) is 0 Å². The number of alkyl halides is 3. The van der Waals surface area contributed by atoms with Gasteiger partial charge in [0.1, 0.15) is 5.54 Å². The van der Waals surface area contributed by atoms with Crippen LogP contribution in [-0.2, 0) is 0 Å². The maximum absolute atomic E-state index is 12.0. The predicted molar refractivity (Wildman–Crippen MR) is 60.5 cm³/mol. The molecule has 0 saturated heterocycles. The molecule has 0 aliphatic heterocycles. The minimum atomic E-state index is -4.12. The smallest absolute Gasteiger partial charge is 0.306 e. The van der Waals surface area contributed by atoms with Gasteiger partial charge in [-0.15, -0.1) is 0 Å². The molecule has 6 heteroatoms. The van der Waals surface area contributed by atoms with Crippen molar-refractivity contribution in [1.82, 2.24) is 10.2 Å². The van der Waals surface area contributed by atoms with Gasteiger partial charge in [0, 0.05) is 13.1 Å². The van der Waals surface area contributed by atoms with E-state index in [1.54, 1.807) is 18.9 Å². The maximum Gasteiger partial charge on any atom is 0.390 e. The average molecular weight is 251 g/mol. The Kier molecular flexibility index (Phi) is 6.50. The van der Waals surface area contributed by atoms with Crippen molar-refractivity contribution < 1.29 is 13.2 Å². The summed E-state index contributed by atoms with van der Waals surface area (Å²) in [5.74, 6) is 0. The first-order valence-electron chi connectivity index (χ1n) is 5.64. The van der Waals surface area contributed by atoms with Gasteiger partial charge in [-0.25, -0.2) is 0 Å². The van der Waals surface area contributed by atoms with E-state index in [0.29, 0.717) is 19.5 Å². The van der Waals surface area contributed by atoms with E-state index in [9.17, 15) is 13.2 Å². The van der Waals surface area contributed by atoms with Crippen molar-refractivity contribution in [3.8, 4) is 6.07 Å². The molecule has 1 unspecified atom stereocenters. The van der Waals surface area contributed by atoms with Crippen LogP contribution in [0.3, 0.4) is 0 Å². The van der Waals surface area contributed by atoms with Gasteiger partial charge in [-0.05, 0) is 26.9 Å². The van der Waals surface area contributed by atoms with Gasteiger partial charge in [0.15, 0.2) is 0 Å². The lowest BCUT2D eigenvalue weighted by Gasteiger charge is -2.26. The highest BCUT2D eigenvalue weighted by Gasteiger charge is 2.28. The van der Waals surface area contributed by atoms with E-state index in [2.05, 4.69) is 11.4 Å². The van der Waals surface area contributed by atoms with Gasteiger partial charge in [0.2, 0.25) is 0 Å². The first kappa shape index (κ1) is 16.2. The number of nitriles is 1. The van der Waals surface area contributed by atoms with Gasteiger partial charge in [0.05, 0.1) is 12.5 Å². The van der Waals surface area contributed by atoms with Crippen LogP contribution < -0.4 is 5.32 Å². The standard InChI is InChI=1S/C11H20F3N3/c1-4-16-10(2,9-15)5-7-17(3)8-6-11(12,13)14/h16H,4-8H2,1-3H3. The molecule has 0 heterocycles. The molecule has 0 aromatic carbocycles. The number of halogens is 3. The van der Waals surface area contributed by atoms with Crippen molar-refractivity contribution in [1.29, 1.82) is 5.26 Å². The molecule has 0 aliphatic rings. The largest absolute Gasteiger partial charge is 0.390 e. The number of nitrogens with zero attached hydrogens (tertiary/aromatic N) is 2. The number of rotatable bonds is 7. The Hall–Kier alpha value is -0.800. The molecular formula is C11H20F3N3. The van der Waals surface area contributed by atoms with Crippen LogP contribution in [0, 0.1) is 11.3 Å². The fraction of sp³-hybridized carbons (Fsp3) is 0.909. The number of nitrogens with one attached hydrogen (secondary N) is 1. The van der Waals surface area contributed by atoms with Crippen LogP contribution in [0.4, 0.5) is 13.2 Å². The highest BCUT2D eigenvalue weighted by atomic mass is 19.4. The lowest BCUT2D eigenvalue weighted by Crippen LogP contribution is -2.43. The first-order chi connectivity index (χ1) is 7.72. The van der Waals surface area contributed by atoms with E-state index in [-0.39, 0.29) is 6.54 Å². The van der Waals surface area contributed by atoms with Crippen molar-refractivity contribution in [3.63, 3.8) is 0 Å². The van der Waals surface area contributed by atoms with E-state index in [4.69, 9.17) is 5.26 Å². The van der Waals surface area contributed by atoms with Gasteiger partial charge in [-0.1, -0.05) is 6.92 Å². The molecule has 17 heavy (non-hydrogen) atoms. The maximum atomic E-state index is 12.0. The fourth-order valence-corrected chi connectivity index (χ4v) is 1.42. The third-order valence-electron chi connectivity index (χ3n) is 2.58. The molecule has 0 radical (unpaired) electrons. The molecule has 0 saturated carbocycles.